The second-order valence-electron chi connectivity index (χ2n) is 5.47. The van der Waals surface area contributed by atoms with Gasteiger partial charge in [0.15, 0.2) is 5.82 Å². The smallest absolute Gasteiger partial charge is 0.257 e. The molecule has 6 heteroatoms. The number of hydrogen-bond acceptors (Lipinski definition) is 5. The summed E-state index contributed by atoms with van der Waals surface area (Å²) in [6.45, 7) is 3.86. The normalized spacial score (nSPS) is 19.2. The van der Waals surface area contributed by atoms with Crippen LogP contribution in [0, 0.1) is 11.7 Å². The van der Waals surface area contributed by atoms with Crippen LogP contribution in [0.4, 0.5) is 4.39 Å². The Kier molecular flexibility index (Phi) is 4.26. The minimum Gasteiger partial charge on any atom is -0.334 e. The van der Waals surface area contributed by atoms with Crippen molar-refractivity contribution in [2.45, 2.75) is 13.0 Å². The summed E-state index contributed by atoms with van der Waals surface area (Å²) in [5, 5.41) is 7.23. The van der Waals surface area contributed by atoms with Gasteiger partial charge in [0.1, 0.15) is 5.82 Å². The van der Waals surface area contributed by atoms with Crippen molar-refractivity contribution in [2.24, 2.45) is 5.92 Å². The molecule has 21 heavy (non-hydrogen) atoms. The maximum absolute atomic E-state index is 12.9. The van der Waals surface area contributed by atoms with E-state index in [0.717, 1.165) is 25.2 Å². The molecule has 1 aromatic heterocycles. The lowest BCUT2D eigenvalue weighted by molar-refractivity contribution is 0.299. The van der Waals surface area contributed by atoms with Crippen molar-refractivity contribution < 1.29 is 8.91 Å². The van der Waals surface area contributed by atoms with E-state index in [1.54, 1.807) is 12.1 Å². The average Bonchev–Trinajstić information content (AvgIpc) is 3.11. The molecule has 3 rings (SSSR count). The van der Waals surface area contributed by atoms with Crippen molar-refractivity contribution in [1.82, 2.24) is 20.4 Å². The molecule has 1 aromatic carbocycles. The number of aromatic nitrogens is 2. The molecule has 0 bridgehead atoms. The van der Waals surface area contributed by atoms with Gasteiger partial charge in [0.05, 0.1) is 6.54 Å². The Balaban J connectivity index is 1.62. The molecule has 0 aliphatic carbocycles. The van der Waals surface area contributed by atoms with Gasteiger partial charge < -0.3 is 9.84 Å². The van der Waals surface area contributed by atoms with E-state index >= 15 is 0 Å². The number of likely N-dealkylation sites (tertiary alicyclic amines) is 1. The van der Waals surface area contributed by atoms with Crippen molar-refractivity contribution in [2.75, 3.05) is 26.7 Å². The molecular formula is C15H19FN4O. The van der Waals surface area contributed by atoms with Crippen LogP contribution >= 0.6 is 0 Å². The van der Waals surface area contributed by atoms with Crippen molar-refractivity contribution >= 4 is 0 Å². The van der Waals surface area contributed by atoms with Gasteiger partial charge in [0.25, 0.3) is 5.89 Å². The maximum atomic E-state index is 12.9. The average molecular weight is 290 g/mol. The standard InChI is InChI=1S/C15H19FN4O/c1-17-8-11-6-7-20(9-11)10-14-18-15(21-19-14)12-2-4-13(16)5-3-12/h2-5,11,17H,6-10H2,1H3. The van der Waals surface area contributed by atoms with E-state index in [1.165, 1.54) is 18.6 Å². The quantitative estimate of drug-likeness (QED) is 0.911. The predicted octanol–water partition coefficient (Wildman–Crippen LogP) is 1.92. The summed E-state index contributed by atoms with van der Waals surface area (Å²) in [6, 6.07) is 6.07. The number of benzene rings is 1. The highest BCUT2D eigenvalue weighted by Crippen LogP contribution is 2.20. The Morgan fingerprint density at radius 3 is 2.95 bits per heavy atom. The molecule has 0 amide bonds. The SMILES string of the molecule is CNCC1CCN(Cc2noc(-c3ccc(F)cc3)n2)C1. The maximum Gasteiger partial charge on any atom is 0.257 e. The lowest BCUT2D eigenvalue weighted by atomic mass is 10.1. The van der Waals surface area contributed by atoms with Gasteiger partial charge in [-0.15, -0.1) is 0 Å². The first-order valence-electron chi connectivity index (χ1n) is 7.20. The van der Waals surface area contributed by atoms with Crippen LogP contribution in [-0.4, -0.2) is 41.7 Å². The number of halogens is 1. The Hall–Kier alpha value is -1.79. The zero-order chi connectivity index (χ0) is 14.7. The van der Waals surface area contributed by atoms with E-state index in [4.69, 9.17) is 4.52 Å². The Morgan fingerprint density at radius 2 is 2.19 bits per heavy atom. The molecular weight excluding hydrogens is 271 g/mol. The summed E-state index contributed by atoms with van der Waals surface area (Å²) in [5.74, 6) is 1.54. The predicted molar refractivity (Wildman–Crippen MR) is 77.0 cm³/mol. The Morgan fingerprint density at radius 1 is 1.38 bits per heavy atom. The van der Waals surface area contributed by atoms with Gasteiger partial charge in [-0.05, 0) is 56.7 Å². The molecule has 1 aliphatic heterocycles. The molecule has 1 aliphatic rings. The highest BCUT2D eigenvalue weighted by atomic mass is 19.1. The summed E-state index contributed by atoms with van der Waals surface area (Å²) in [5.41, 5.74) is 0.740. The van der Waals surface area contributed by atoms with E-state index in [0.29, 0.717) is 24.2 Å². The molecule has 2 heterocycles. The molecule has 1 saturated heterocycles. The van der Waals surface area contributed by atoms with Gasteiger partial charge >= 0.3 is 0 Å². The lowest BCUT2D eigenvalue weighted by Crippen LogP contribution is -2.24. The highest BCUT2D eigenvalue weighted by molar-refractivity contribution is 5.52. The molecule has 0 saturated carbocycles. The molecule has 112 valence electrons. The fourth-order valence-corrected chi connectivity index (χ4v) is 2.74. The third-order valence-electron chi connectivity index (χ3n) is 3.79. The largest absolute Gasteiger partial charge is 0.334 e. The van der Waals surface area contributed by atoms with Crippen LogP contribution in [-0.2, 0) is 6.54 Å². The van der Waals surface area contributed by atoms with Crippen molar-refractivity contribution in [3.05, 3.63) is 35.9 Å². The first-order chi connectivity index (χ1) is 10.2. The minimum atomic E-state index is -0.272. The minimum absolute atomic E-state index is 0.272. The van der Waals surface area contributed by atoms with Crippen LogP contribution < -0.4 is 5.32 Å². The molecule has 1 unspecified atom stereocenters. The van der Waals surface area contributed by atoms with Crippen LogP contribution in [0.2, 0.25) is 0 Å². The molecule has 0 radical (unpaired) electrons. The van der Waals surface area contributed by atoms with Gasteiger partial charge in [-0.3, -0.25) is 4.90 Å². The number of nitrogens with one attached hydrogen (secondary N) is 1. The summed E-state index contributed by atoms with van der Waals surface area (Å²) >= 11 is 0. The van der Waals surface area contributed by atoms with Crippen molar-refractivity contribution in [3.8, 4) is 11.5 Å². The molecule has 1 N–H and O–H groups in total. The Bertz CT molecular complexity index is 584. The first kappa shape index (κ1) is 14.2. The van der Waals surface area contributed by atoms with Gasteiger partial charge in [0.2, 0.25) is 0 Å². The summed E-state index contributed by atoms with van der Waals surface area (Å²) in [4.78, 5) is 6.72. The van der Waals surface area contributed by atoms with E-state index in [-0.39, 0.29) is 5.82 Å². The van der Waals surface area contributed by atoms with Crippen LogP contribution in [0.5, 0.6) is 0 Å². The lowest BCUT2D eigenvalue weighted by Gasteiger charge is -2.13. The van der Waals surface area contributed by atoms with Gasteiger partial charge in [-0.1, -0.05) is 5.16 Å². The second-order valence-corrected chi connectivity index (χ2v) is 5.47. The third kappa shape index (κ3) is 3.46. The number of nitrogens with zero attached hydrogens (tertiary/aromatic N) is 3. The number of rotatable bonds is 5. The fourth-order valence-electron chi connectivity index (χ4n) is 2.74. The van der Waals surface area contributed by atoms with Crippen LogP contribution in [0.3, 0.4) is 0 Å². The summed E-state index contributed by atoms with van der Waals surface area (Å²) < 4.78 is 18.2. The molecule has 0 spiro atoms. The van der Waals surface area contributed by atoms with Crippen LogP contribution in [0.15, 0.2) is 28.8 Å². The molecule has 5 nitrogen and oxygen atoms in total. The second kappa shape index (κ2) is 6.32. The van der Waals surface area contributed by atoms with Crippen molar-refractivity contribution in [1.29, 1.82) is 0 Å². The van der Waals surface area contributed by atoms with E-state index in [2.05, 4.69) is 20.4 Å². The van der Waals surface area contributed by atoms with Crippen molar-refractivity contribution in [3.63, 3.8) is 0 Å². The summed E-state index contributed by atoms with van der Waals surface area (Å²) in [6.07, 6.45) is 1.20. The molecule has 2 aromatic rings. The van der Waals surface area contributed by atoms with E-state index in [9.17, 15) is 4.39 Å². The van der Waals surface area contributed by atoms with Crippen LogP contribution in [0.25, 0.3) is 11.5 Å². The molecule has 1 atom stereocenters. The Labute approximate surface area is 123 Å². The van der Waals surface area contributed by atoms with Gasteiger partial charge in [0, 0.05) is 12.1 Å². The highest BCUT2D eigenvalue weighted by Gasteiger charge is 2.23. The van der Waals surface area contributed by atoms with Gasteiger partial charge in [-0.2, -0.15) is 4.98 Å². The topological polar surface area (TPSA) is 54.2 Å². The van der Waals surface area contributed by atoms with Gasteiger partial charge in [-0.25, -0.2) is 4.39 Å². The van der Waals surface area contributed by atoms with E-state index < -0.39 is 0 Å². The fraction of sp³-hybridized carbons (Fsp3) is 0.467. The zero-order valence-corrected chi connectivity index (χ0v) is 12.1. The first-order valence-corrected chi connectivity index (χ1v) is 7.20. The monoisotopic (exact) mass is 290 g/mol. The van der Waals surface area contributed by atoms with E-state index in [1.807, 2.05) is 7.05 Å². The summed E-state index contributed by atoms with van der Waals surface area (Å²) in [7, 11) is 1.98. The molecule has 1 fully saturated rings. The number of hydrogen-bond donors (Lipinski definition) is 1. The van der Waals surface area contributed by atoms with Crippen LogP contribution in [0.1, 0.15) is 12.2 Å². The zero-order valence-electron chi connectivity index (χ0n) is 12.1. The third-order valence-corrected chi connectivity index (χ3v) is 3.79.